The number of nitrogens with one attached hydrogen (secondary N) is 1. The van der Waals surface area contributed by atoms with Crippen molar-refractivity contribution < 1.29 is 14.3 Å². The Morgan fingerprint density at radius 3 is 2.62 bits per heavy atom. The molecule has 1 rings (SSSR count). The van der Waals surface area contributed by atoms with Gasteiger partial charge < -0.3 is 20.7 Å². The third-order valence-corrected chi connectivity index (χ3v) is 3.68. The normalized spacial score (nSPS) is 11.2. The van der Waals surface area contributed by atoms with Crippen LogP contribution in [0.15, 0.2) is 24.3 Å². The molecule has 0 aliphatic rings. The summed E-state index contributed by atoms with van der Waals surface area (Å²) in [5, 5.41) is 2.82. The second-order valence-corrected chi connectivity index (χ2v) is 5.38. The van der Waals surface area contributed by atoms with Gasteiger partial charge in [-0.15, -0.1) is 12.4 Å². The Balaban J connectivity index is 0.00000529. The van der Waals surface area contributed by atoms with E-state index in [1.807, 2.05) is 19.9 Å². The van der Waals surface area contributed by atoms with E-state index in [1.165, 1.54) is 0 Å². The number of halogens is 1. The minimum Gasteiger partial charge on any atom is -0.493 e. The molecule has 1 aromatic carbocycles. The minimum atomic E-state index is -0.190. The molecule has 0 saturated heterocycles. The van der Waals surface area contributed by atoms with Gasteiger partial charge in [-0.2, -0.15) is 0 Å². The maximum atomic E-state index is 12.2. The van der Waals surface area contributed by atoms with Crippen molar-refractivity contribution in [2.45, 2.75) is 32.7 Å². The molecule has 0 spiro atoms. The highest BCUT2D eigenvalue weighted by atomic mass is 35.5. The molecule has 0 heterocycles. The lowest BCUT2D eigenvalue weighted by Gasteiger charge is -2.23. The smallest absolute Gasteiger partial charge is 0.255 e. The third-order valence-electron chi connectivity index (χ3n) is 3.68. The lowest BCUT2D eigenvalue weighted by molar-refractivity contribution is -0.131. The van der Waals surface area contributed by atoms with Crippen LogP contribution >= 0.6 is 12.4 Å². The number of amides is 2. The SMILES string of the molecule is CCOc1ccccc1C(=O)NCCCC(=O)N(C)C(C)CN.Cl. The lowest BCUT2D eigenvalue weighted by Crippen LogP contribution is -2.39. The fourth-order valence-corrected chi connectivity index (χ4v) is 2.05. The van der Waals surface area contributed by atoms with E-state index in [0.29, 0.717) is 43.9 Å². The van der Waals surface area contributed by atoms with Gasteiger partial charge in [0.2, 0.25) is 5.91 Å². The Kier molecular flexibility index (Phi) is 10.8. The van der Waals surface area contributed by atoms with Crippen LogP contribution in [0.4, 0.5) is 0 Å². The van der Waals surface area contributed by atoms with Crippen molar-refractivity contribution in [2.75, 3.05) is 26.7 Å². The van der Waals surface area contributed by atoms with Crippen LogP contribution in [0.25, 0.3) is 0 Å². The predicted molar refractivity (Wildman–Crippen MR) is 97.7 cm³/mol. The molecule has 0 aromatic heterocycles. The zero-order valence-electron chi connectivity index (χ0n) is 14.6. The molecule has 0 saturated carbocycles. The van der Waals surface area contributed by atoms with E-state index in [9.17, 15) is 9.59 Å². The van der Waals surface area contributed by atoms with Crippen molar-refractivity contribution in [1.29, 1.82) is 0 Å². The Bertz CT molecular complexity index is 526. The molecular formula is C17H28ClN3O3. The maximum absolute atomic E-state index is 12.2. The molecule has 3 N–H and O–H groups in total. The molecule has 6 nitrogen and oxygen atoms in total. The molecule has 0 aliphatic carbocycles. The number of para-hydroxylation sites is 1. The zero-order chi connectivity index (χ0) is 17.2. The van der Waals surface area contributed by atoms with Gasteiger partial charge in [-0.05, 0) is 32.4 Å². The third kappa shape index (κ3) is 6.76. The molecule has 2 amide bonds. The van der Waals surface area contributed by atoms with Gasteiger partial charge in [0.25, 0.3) is 5.91 Å². The zero-order valence-corrected chi connectivity index (χ0v) is 15.4. The van der Waals surface area contributed by atoms with Gasteiger partial charge in [0.1, 0.15) is 5.75 Å². The molecule has 0 fully saturated rings. The molecule has 1 unspecified atom stereocenters. The predicted octanol–water partition coefficient (Wildman–Crippen LogP) is 1.82. The van der Waals surface area contributed by atoms with Crippen LogP contribution in [-0.2, 0) is 4.79 Å². The highest BCUT2D eigenvalue weighted by Crippen LogP contribution is 2.17. The quantitative estimate of drug-likeness (QED) is 0.660. The number of hydrogen-bond acceptors (Lipinski definition) is 4. The molecule has 0 radical (unpaired) electrons. The van der Waals surface area contributed by atoms with Gasteiger partial charge in [-0.25, -0.2) is 0 Å². The summed E-state index contributed by atoms with van der Waals surface area (Å²) in [6.45, 7) is 5.16. The number of ether oxygens (including phenoxy) is 1. The lowest BCUT2D eigenvalue weighted by atomic mass is 10.2. The summed E-state index contributed by atoms with van der Waals surface area (Å²) < 4.78 is 5.44. The second kappa shape index (κ2) is 11.7. The van der Waals surface area contributed by atoms with Crippen molar-refractivity contribution in [1.82, 2.24) is 10.2 Å². The topological polar surface area (TPSA) is 84.7 Å². The molecular weight excluding hydrogens is 330 g/mol. The van der Waals surface area contributed by atoms with E-state index in [4.69, 9.17) is 10.5 Å². The second-order valence-electron chi connectivity index (χ2n) is 5.38. The maximum Gasteiger partial charge on any atom is 0.255 e. The number of rotatable bonds is 9. The molecule has 7 heteroatoms. The summed E-state index contributed by atoms with van der Waals surface area (Å²) in [6, 6.07) is 7.14. The van der Waals surface area contributed by atoms with Crippen molar-refractivity contribution in [2.24, 2.45) is 5.73 Å². The molecule has 0 aliphatic heterocycles. The summed E-state index contributed by atoms with van der Waals surface area (Å²) in [5.74, 6) is 0.414. The average Bonchev–Trinajstić information content (AvgIpc) is 2.57. The van der Waals surface area contributed by atoms with E-state index >= 15 is 0 Å². The summed E-state index contributed by atoms with van der Waals surface area (Å²) in [5.41, 5.74) is 6.05. The Labute approximate surface area is 150 Å². The van der Waals surface area contributed by atoms with Gasteiger partial charge in [-0.3, -0.25) is 9.59 Å². The van der Waals surface area contributed by atoms with Crippen molar-refractivity contribution >= 4 is 24.2 Å². The fraction of sp³-hybridized carbons (Fsp3) is 0.529. The average molecular weight is 358 g/mol. The first-order valence-corrected chi connectivity index (χ1v) is 7.97. The van der Waals surface area contributed by atoms with Crippen LogP contribution in [0.1, 0.15) is 37.0 Å². The van der Waals surface area contributed by atoms with Gasteiger partial charge >= 0.3 is 0 Å². The summed E-state index contributed by atoms with van der Waals surface area (Å²) in [7, 11) is 1.75. The first-order valence-electron chi connectivity index (χ1n) is 7.97. The van der Waals surface area contributed by atoms with Crippen LogP contribution in [0.2, 0.25) is 0 Å². The van der Waals surface area contributed by atoms with Crippen LogP contribution in [0.3, 0.4) is 0 Å². The van der Waals surface area contributed by atoms with Gasteiger partial charge in [-0.1, -0.05) is 12.1 Å². The van der Waals surface area contributed by atoms with E-state index in [1.54, 1.807) is 30.1 Å². The number of benzene rings is 1. The Morgan fingerprint density at radius 1 is 1.33 bits per heavy atom. The molecule has 1 aromatic rings. The van der Waals surface area contributed by atoms with Gasteiger partial charge in [0, 0.05) is 32.6 Å². The number of hydrogen-bond donors (Lipinski definition) is 2. The Morgan fingerprint density at radius 2 is 2.00 bits per heavy atom. The van der Waals surface area contributed by atoms with Crippen LogP contribution in [0.5, 0.6) is 5.75 Å². The molecule has 136 valence electrons. The highest BCUT2D eigenvalue weighted by Gasteiger charge is 2.14. The summed E-state index contributed by atoms with van der Waals surface area (Å²) >= 11 is 0. The molecule has 0 bridgehead atoms. The van der Waals surface area contributed by atoms with Crippen molar-refractivity contribution in [3.63, 3.8) is 0 Å². The first-order chi connectivity index (χ1) is 11.0. The summed E-state index contributed by atoms with van der Waals surface area (Å²) in [6.07, 6.45) is 0.969. The summed E-state index contributed by atoms with van der Waals surface area (Å²) in [4.78, 5) is 25.8. The fourth-order valence-electron chi connectivity index (χ4n) is 2.05. The van der Waals surface area contributed by atoms with E-state index in [2.05, 4.69) is 5.32 Å². The largest absolute Gasteiger partial charge is 0.493 e. The standard InChI is InChI=1S/C17H27N3O3.ClH/c1-4-23-15-9-6-5-8-14(15)17(22)19-11-7-10-16(21)20(3)13(2)12-18;/h5-6,8-9,13H,4,7,10-12,18H2,1-3H3,(H,19,22);1H. The van der Waals surface area contributed by atoms with Gasteiger partial charge in [0.05, 0.1) is 12.2 Å². The number of nitrogens with two attached hydrogens (primary N) is 1. The van der Waals surface area contributed by atoms with Crippen LogP contribution in [0, 0.1) is 0 Å². The molecule has 1 atom stereocenters. The van der Waals surface area contributed by atoms with Gasteiger partial charge in [0.15, 0.2) is 0 Å². The van der Waals surface area contributed by atoms with Crippen molar-refractivity contribution in [3.8, 4) is 5.75 Å². The number of nitrogens with zero attached hydrogens (tertiary/aromatic N) is 1. The van der Waals surface area contributed by atoms with E-state index in [-0.39, 0.29) is 30.3 Å². The monoisotopic (exact) mass is 357 g/mol. The first kappa shape index (κ1) is 22.2. The number of carbonyl (C=O) groups excluding carboxylic acids is 2. The number of likely N-dealkylation sites (N-methyl/N-ethyl adjacent to an activating group) is 1. The van der Waals surface area contributed by atoms with Crippen LogP contribution in [-0.4, -0.2) is 49.5 Å². The van der Waals surface area contributed by atoms with E-state index < -0.39 is 0 Å². The van der Waals surface area contributed by atoms with E-state index in [0.717, 1.165) is 0 Å². The minimum absolute atomic E-state index is 0. The van der Waals surface area contributed by atoms with Crippen LogP contribution < -0.4 is 15.8 Å². The van der Waals surface area contributed by atoms with Crippen molar-refractivity contribution in [3.05, 3.63) is 29.8 Å². The molecule has 24 heavy (non-hydrogen) atoms. The highest BCUT2D eigenvalue weighted by molar-refractivity contribution is 5.96. The Hall–Kier alpha value is -1.79. The number of carbonyl (C=O) groups is 2.